The molecule has 5 heteroatoms. The second kappa shape index (κ2) is 5.30. The van der Waals surface area contributed by atoms with Crippen LogP contribution in [0, 0.1) is 11.3 Å². The molecule has 0 amide bonds. The lowest BCUT2D eigenvalue weighted by molar-refractivity contribution is 0.532. The van der Waals surface area contributed by atoms with Crippen molar-refractivity contribution >= 4 is 23.4 Å². The van der Waals surface area contributed by atoms with Crippen LogP contribution in [0.1, 0.15) is 12.7 Å². The summed E-state index contributed by atoms with van der Waals surface area (Å²) in [4.78, 5) is 0. The Bertz CT molecular complexity index is 334. The molecule has 1 aromatic heterocycles. The predicted molar refractivity (Wildman–Crippen MR) is 58.1 cm³/mol. The van der Waals surface area contributed by atoms with E-state index in [9.17, 15) is 0 Å². The van der Waals surface area contributed by atoms with Crippen molar-refractivity contribution in [2.24, 2.45) is 5.73 Å². The molecule has 76 valence electrons. The van der Waals surface area contributed by atoms with Gasteiger partial charge in [-0.1, -0.05) is 6.92 Å². The molecule has 0 bridgehead atoms. The fourth-order valence-electron chi connectivity index (χ4n) is 0.852. The first kappa shape index (κ1) is 11.4. The van der Waals surface area contributed by atoms with Gasteiger partial charge in [-0.3, -0.25) is 0 Å². The average Bonchev–Trinajstić information content (AvgIpc) is 2.59. The Balaban J connectivity index is 2.38. The van der Waals surface area contributed by atoms with E-state index in [-0.39, 0.29) is 5.25 Å². The highest BCUT2D eigenvalue weighted by Gasteiger charge is 2.12. The van der Waals surface area contributed by atoms with E-state index < -0.39 is 6.04 Å². The van der Waals surface area contributed by atoms with Crippen LogP contribution in [0.3, 0.4) is 0 Å². The summed E-state index contributed by atoms with van der Waals surface area (Å²) in [5.74, 6) is 1.49. The maximum Gasteiger partial charge on any atom is 0.193 e. The molecule has 0 aromatic carbocycles. The molecule has 0 saturated heterocycles. The van der Waals surface area contributed by atoms with Crippen molar-refractivity contribution in [3.63, 3.8) is 0 Å². The maximum atomic E-state index is 8.57. The van der Waals surface area contributed by atoms with Gasteiger partial charge < -0.3 is 10.2 Å². The zero-order valence-electron chi connectivity index (χ0n) is 7.74. The third kappa shape index (κ3) is 3.26. The van der Waals surface area contributed by atoms with Crippen LogP contribution in [0.2, 0.25) is 5.22 Å². The van der Waals surface area contributed by atoms with Crippen LogP contribution >= 0.6 is 23.4 Å². The molecule has 0 aliphatic rings. The Kier molecular flexibility index (Phi) is 4.33. The lowest BCUT2D eigenvalue weighted by Gasteiger charge is -2.11. The summed E-state index contributed by atoms with van der Waals surface area (Å²) < 4.78 is 5.17. The van der Waals surface area contributed by atoms with Crippen LogP contribution in [0.15, 0.2) is 16.5 Å². The van der Waals surface area contributed by atoms with E-state index >= 15 is 0 Å². The first-order chi connectivity index (χ1) is 6.63. The molecule has 2 atom stereocenters. The minimum atomic E-state index is -0.439. The van der Waals surface area contributed by atoms with Crippen molar-refractivity contribution in [2.75, 3.05) is 0 Å². The van der Waals surface area contributed by atoms with Gasteiger partial charge in [0.25, 0.3) is 0 Å². The smallest absolute Gasteiger partial charge is 0.193 e. The number of nitriles is 1. The quantitative estimate of drug-likeness (QED) is 0.863. The number of nitrogens with two attached hydrogens (primary N) is 1. The van der Waals surface area contributed by atoms with Gasteiger partial charge in [0.2, 0.25) is 0 Å². The number of hydrogen-bond donors (Lipinski definition) is 1. The van der Waals surface area contributed by atoms with Crippen molar-refractivity contribution in [1.29, 1.82) is 5.26 Å². The number of halogens is 1. The normalized spacial score (nSPS) is 14.7. The fourth-order valence-corrected chi connectivity index (χ4v) is 1.86. The molecule has 14 heavy (non-hydrogen) atoms. The van der Waals surface area contributed by atoms with Crippen molar-refractivity contribution in [1.82, 2.24) is 0 Å². The number of furan rings is 1. The molecule has 0 radical (unpaired) electrons. The van der Waals surface area contributed by atoms with E-state index in [2.05, 4.69) is 0 Å². The molecular weight excluding hydrogens is 220 g/mol. The second-order valence-electron chi connectivity index (χ2n) is 2.88. The van der Waals surface area contributed by atoms with E-state index in [1.54, 1.807) is 17.8 Å². The highest BCUT2D eigenvalue weighted by molar-refractivity contribution is 7.99. The predicted octanol–water partition coefficient (Wildman–Crippen LogP) is 2.41. The summed E-state index contributed by atoms with van der Waals surface area (Å²) in [6, 6.07) is 5.09. The van der Waals surface area contributed by atoms with Gasteiger partial charge in [0.1, 0.15) is 11.8 Å². The van der Waals surface area contributed by atoms with Crippen LogP contribution in [-0.2, 0) is 5.75 Å². The minimum Gasteiger partial charge on any atom is -0.449 e. The summed E-state index contributed by atoms with van der Waals surface area (Å²) in [6.07, 6.45) is 0. The first-order valence-corrected chi connectivity index (χ1v) is 5.57. The van der Waals surface area contributed by atoms with Crippen molar-refractivity contribution < 1.29 is 4.42 Å². The number of rotatable bonds is 4. The molecule has 0 aliphatic heterocycles. The van der Waals surface area contributed by atoms with Crippen LogP contribution < -0.4 is 5.73 Å². The SMILES string of the molecule is CC(SCc1ccc(Cl)o1)C(N)C#N. The first-order valence-electron chi connectivity index (χ1n) is 4.14. The maximum absolute atomic E-state index is 8.57. The minimum absolute atomic E-state index is 0.0869. The third-order valence-electron chi connectivity index (χ3n) is 1.77. The molecule has 0 fully saturated rings. The Morgan fingerprint density at radius 2 is 2.43 bits per heavy atom. The van der Waals surface area contributed by atoms with Gasteiger partial charge in [-0.25, -0.2) is 0 Å². The molecular formula is C9H11ClN2OS. The lowest BCUT2D eigenvalue weighted by atomic mass is 10.3. The number of hydrogen-bond acceptors (Lipinski definition) is 4. The van der Waals surface area contributed by atoms with Gasteiger partial charge in [0.15, 0.2) is 5.22 Å². The highest BCUT2D eigenvalue weighted by atomic mass is 35.5. The van der Waals surface area contributed by atoms with E-state index in [0.29, 0.717) is 11.0 Å². The second-order valence-corrected chi connectivity index (χ2v) is 4.61. The molecule has 0 spiro atoms. The van der Waals surface area contributed by atoms with Gasteiger partial charge >= 0.3 is 0 Å². The number of thioether (sulfide) groups is 1. The fraction of sp³-hybridized carbons (Fsp3) is 0.444. The van der Waals surface area contributed by atoms with Crippen molar-refractivity contribution in [3.05, 3.63) is 23.1 Å². The Morgan fingerprint density at radius 1 is 1.71 bits per heavy atom. The monoisotopic (exact) mass is 230 g/mol. The summed E-state index contributed by atoms with van der Waals surface area (Å²) >= 11 is 7.19. The average molecular weight is 231 g/mol. The third-order valence-corrected chi connectivity index (χ3v) is 3.25. The topological polar surface area (TPSA) is 62.9 Å². The molecule has 1 rings (SSSR count). The summed E-state index contributed by atoms with van der Waals surface area (Å²) in [7, 11) is 0. The zero-order chi connectivity index (χ0) is 10.6. The van der Waals surface area contributed by atoms with Crippen LogP contribution in [0.5, 0.6) is 0 Å². The van der Waals surface area contributed by atoms with Crippen LogP contribution in [0.25, 0.3) is 0 Å². The van der Waals surface area contributed by atoms with Gasteiger partial charge in [-0.05, 0) is 23.7 Å². The van der Waals surface area contributed by atoms with E-state index in [0.717, 1.165) is 5.76 Å². The van der Waals surface area contributed by atoms with E-state index in [1.807, 2.05) is 19.1 Å². The molecule has 2 N–H and O–H groups in total. The molecule has 3 nitrogen and oxygen atoms in total. The molecule has 0 saturated carbocycles. The molecule has 1 heterocycles. The van der Waals surface area contributed by atoms with E-state index in [4.69, 9.17) is 27.0 Å². The van der Waals surface area contributed by atoms with Crippen LogP contribution in [-0.4, -0.2) is 11.3 Å². The Morgan fingerprint density at radius 3 is 2.93 bits per heavy atom. The van der Waals surface area contributed by atoms with Gasteiger partial charge in [-0.15, -0.1) is 11.8 Å². The molecule has 1 aromatic rings. The largest absolute Gasteiger partial charge is 0.449 e. The van der Waals surface area contributed by atoms with Crippen LogP contribution in [0.4, 0.5) is 0 Å². The standard InChI is InChI=1S/C9H11ClN2OS/c1-6(8(12)4-11)14-5-7-2-3-9(10)13-7/h2-3,6,8H,5,12H2,1H3. The lowest BCUT2D eigenvalue weighted by Crippen LogP contribution is -2.28. The molecule has 2 unspecified atom stereocenters. The van der Waals surface area contributed by atoms with Crippen molar-refractivity contribution in [3.8, 4) is 6.07 Å². The highest BCUT2D eigenvalue weighted by Crippen LogP contribution is 2.22. The molecule has 0 aliphatic carbocycles. The summed E-state index contributed by atoms with van der Waals surface area (Å²) in [5, 5.41) is 9.05. The Hall–Kier alpha value is -0.630. The van der Waals surface area contributed by atoms with Gasteiger partial charge in [0.05, 0.1) is 11.8 Å². The number of nitrogens with zero attached hydrogens (tertiary/aromatic N) is 1. The summed E-state index contributed by atoms with van der Waals surface area (Å²) in [6.45, 7) is 1.92. The zero-order valence-corrected chi connectivity index (χ0v) is 9.31. The van der Waals surface area contributed by atoms with Crippen molar-refractivity contribution in [2.45, 2.75) is 24.0 Å². The summed E-state index contributed by atoms with van der Waals surface area (Å²) in [5.41, 5.74) is 5.55. The van der Waals surface area contributed by atoms with Gasteiger partial charge in [-0.2, -0.15) is 5.26 Å². The van der Waals surface area contributed by atoms with E-state index in [1.165, 1.54) is 0 Å². The van der Waals surface area contributed by atoms with Gasteiger partial charge in [0, 0.05) is 5.25 Å². The Labute approximate surface area is 92.2 Å².